The number of hydrogen-bond acceptors (Lipinski definition) is 5. The number of fused-ring (bicyclic) bond motifs is 2. The molecule has 0 radical (unpaired) electrons. The molecule has 0 aromatic heterocycles. The van der Waals surface area contributed by atoms with Crippen LogP contribution >= 0.6 is 0 Å². The van der Waals surface area contributed by atoms with Crippen molar-refractivity contribution in [3.63, 3.8) is 0 Å². The molecule has 2 aliphatic heterocycles. The third kappa shape index (κ3) is 3.24. The average molecular weight is 428 g/mol. The first-order valence-electron chi connectivity index (χ1n) is 10.8. The minimum atomic E-state index is -0.379. The Balaban J connectivity index is 1.35. The Kier molecular flexibility index (Phi) is 4.95. The number of nitrogens with one attached hydrogen (secondary N) is 1. The Hall–Kier alpha value is -3.63. The first-order chi connectivity index (χ1) is 15.5. The largest absolute Gasteiger partial charge is 0.369 e. The van der Waals surface area contributed by atoms with Crippen molar-refractivity contribution in [2.24, 2.45) is 5.92 Å². The highest BCUT2D eigenvalue weighted by Gasteiger charge is 2.44. The third-order valence-corrected chi connectivity index (χ3v) is 6.46. The van der Waals surface area contributed by atoms with Crippen LogP contribution in [0.15, 0.2) is 48.2 Å². The van der Waals surface area contributed by atoms with Crippen LogP contribution < -0.4 is 10.2 Å². The quantitative estimate of drug-likeness (QED) is 0.809. The molecule has 2 unspecified atom stereocenters. The lowest BCUT2D eigenvalue weighted by atomic mass is 9.84. The summed E-state index contributed by atoms with van der Waals surface area (Å²) in [6.07, 6.45) is 2.35. The molecule has 5 rings (SSSR count). The van der Waals surface area contributed by atoms with Crippen LogP contribution in [0.4, 0.5) is 11.4 Å². The van der Waals surface area contributed by atoms with Crippen LogP contribution in [0.25, 0.3) is 0 Å². The van der Waals surface area contributed by atoms with Gasteiger partial charge in [-0.05, 0) is 54.0 Å². The summed E-state index contributed by atoms with van der Waals surface area (Å²) in [5.41, 5.74) is 5.94. The zero-order valence-corrected chi connectivity index (χ0v) is 18.1. The van der Waals surface area contributed by atoms with Crippen LogP contribution in [0.2, 0.25) is 0 Å². The van der Waals surface area contributed by atoms with E-state index >= 15 is 0 Å². The average Bonchev–Trinajstić information content (AvgIpc) is 3.07. The molecule has 1 aliphatic carbocycles. The van der Waals surface area contributed by atoms with E-state index in [1.54, 1.807) is 17.0 Å². The zero-order valence-electron chi connectivity index (χ0n) is 18.1. The van der Waals surface area contributed by atoms with Crippen LogP contribution in [0.1, 0.15) is 34.0 Å². The Bertz CT molecular complexity index is 1200. The molecule has 2 amide bonds. The van der Waals surface area contributed by atoms with Gasteiger partial charge in [0, 0.05) is 42.8 Å². The molecule has 3 aliphatic rings. The molecule has 2 heterocycles. The number of aryl methyl sites for hydroxylation is 1. The zero-order chi connectivity index (χ0) is 22.4. The van der Waals surface area contributed by atoms with E-state index in [-0.39, 0.29) is 23.8 Å². The van der Waals surface area contributed by atoms with Gasteiger partial charge in [-0.2, -0.15) is 5.26 Å². The number of anilines is 2. The second-order valence-electron chi connectivity index (χ2n) is 8.39. The smallest absolute Gasteiger partial charge is 0.254 e. The number of nitrogens with zero attached hydrogens (tertiary/aromatic N) is 3. The first-order valence-corrected chi connectivity index (χ1v) is 10.8. The maximum absolute atomic E-state index is 13.0. The van der Waals surface area contributed by atoms with Gasteiger partial charge in [-0.3, -0.25) is 9.59 Å². The number of carbonyl (C=O) groups excluding carboxylic acids is 2. The van der Waals surface area contributed by atoms with Crippen molar-refractivity contribution in [1.29, 1.82) is 5.26 Å². The van der Waals surface area contributed by atoms with Crippen molar-refractivity contribution in [1.82, 2.24) is 4.90 Å². The van der Waals surface area contributed by atoms with Crippen molar-refractivity contribution in [3.05, 3.63) is 70.4 Å². The van der Waals surface area contributed by atoms with Gasteiger partial charge in [0.2, 0.25) is 5.91 Å². The van der Waals surface area contributed by atoms with E-state index in [1.165, 1.54) is 0 Å². The molecule has 7 nitrogen and oxygen atoms in total. The SMILES string of the molecule is CCc1cc(C#N)ccc1NC(=O)C1C=C2C1OCCN2c1ccc2c(c1)C(=O)N(C)C2. The molecule has 1 saturated heterocycles. The minimum Gasteiger partial charge on any atom is -0.369 e. The molecule has 0 spiro atoms. The number of benzene rings is 2. The van der Waals surface area contributed by atoms with Crippen molar-refractivity contribution < 1.29 is 14.3 Å². The van der Waals surface area contributed by atoms with E-state index < -0.39 is 0 Å². The van der Waals surface area contributed by atoms with Crippen molar-refractivity contribution in [2.75, 3.05) is 30.4 Å². The van der Waals surface area contributed by atoms with Gasteiger partial charge in [0.15, 0.2) is 0 Å². The summed E-state index contributed by atoms with van der Waals surface area (Å²) in [4.78, 5) is 29.2. The molecule has 32 heavy (non-hydrogen) atoms. The highest BCUT2D eigenvalue weighted by molar-refractivity contribution is 5.99. The van der Waals surface area contributed by atoms with Crippen molar-refractivity contribution in [2.45, 2.75) is 26.0 Å². The van der Waals surface area contributed by atoms with Crippen LogP contribution in [-0.2, 0) is 22.5 Å². The summed E-state index contributed by atoms with van der Waals surface area (Å²) >= 11 is 0. The molecule has 0 bridgehead atoms. The van der Waals surface area contributed by atoms with Gasteiger partial charge in [-0.1, -0.05) is 13.0 Å². The number of morpholine rings is 1. The van der Waals surface area contributed by atoms with E-state index in [0.717, 1.165) is 40.2 Å². The van der Waals surface area contributed by atoms with Crippen molar-refractivity contribution >= 4 is 23.2 Å². The van der Waals surface area contributed by atoms with Gasteiger partial charge in [-0.25, -0.2) is 0 Å². The molecule has 1 fully saturated rings. The fraction of sp³-hybridized carbons (Fsp3) is 0.320. The molecular weight excluding hydrogens is 404 g/mol. The Morgan fingerprint density at radius 3 is 2.91 bits per heavy atom. The maximum atomic E-state index is 13.0. The molecule has 0 saturated carbocycles. The molecule has 2 aromatic carbocycles. The van der Waals surface area contributed by atoms with E-state index in [0.29, 0.717) is 25.3 Å². The van der Waals surface area contributed by atoms with E-state index in [4.69, 9.17) is 10.00 Å². The highest BCUT2D eigenvalue weighted by Crippen LogP contribution is 2.39. The Labute approximate surface area is 186 Å². The highest BCUT2D eigenvalue weighted by atomic mass is 16.5. The Morgan fingerprint density at radius 1 is 1.28 bits per heavy atom. The monoisotopic (exact) mass is 428 g/mol. The lowest BCUT2D eigenvalue weighted by molar-refractivity contribution is -0.123. The second-order valence-corrected chi connectivity index (χ2v) is 8.39. The van der Waals surface area contributed by atoms with E-state index in [1.807, 2.05) is 44.3 Å². The lowest BCUT2D eigenvalue weighted by Crippen LogP contribution is -2.52. The van der Waals surface area contributed by atoms with Crippen LogP contribution in [0.5, 0.6) is 0 Å². The van der Waals surface area contributed by atoms with Gasteiger partial charge in [0.25, 0.3) is 5.91 Å². The number of nitriles is 1. The molecule has 1 N–H and O–H groups in total. The molecule has 2 aromatic rings. The maximum Gasteiger partial charge on any atom is 0.254 e. The Morgan fingerprint density at radius 2 is 2.12 bits per heavy atom. The van der Waals surface area contributed by atoms with E-state index in [9.17, 15) is 9.59 Å². The summed E-state index contributed by atoms with van der Waals surface area (Å²) in [7, 11) is 1.81. The lowest BCUT2D eigenvalue weighted by Gasteiger charge is -2.45. The number of ether oxygens (including phenoxy) is 1. The number of rotatable bonds is 4. The minimum absolute atomic E-state index is 0.0423. The fourth-order valence-corrected chi connectivity index (χ4v) is 4.65. The predicted octanol–water partition coefficient (Wildman–Crippen LogP) is 3.06. The van der Waals surface area contributed by atoms with Gasteiger partial charge in [0.05, 0.1) is 24.2 Å². The van der Waals surface area contributed by atoms with Crippen LogP contribution in [0.3, 0.4) is 0 Å². The summed E-state index contributed by atoms with van der Waals surface area (Å²) in [5, 5.41) is 12.1. The van der Waals surface area contributed by atoms with E-state index in [2.05, 4.69) is 16.3 Å². The number of hydrogen-bond donors (Lipinski definition) is 1. The second kappa shape index (κ2) is 7.81. The first kappa shape index (κ1) is 20.3. The summed E-state index contributed by atoms with van der Waals surface area (Å²) in [6, 6.07) is 13.4. The summed E-state index contributed by atoms with van der Waals surface area (Å²) in [5.74, 6) is -0.457. The molecule has 2 atom stereocenters. The number of carbonyl (C=O) groups is 2. The molecule has 162 valence electrons. The fourth-order valence-electron chi connectivity index (χ4n) is 4.65. The van der Waals surface area contributed by atoms with Gasteiger partial charge < -0.3 is 19.9 Å². The molecular formula is C25H24N4O3. The summed E-state index contributed by atoms with van der Waals surface area (Å²) < 4.78 is 5.93. The van der Waals surface area contributed by atoms with Gasteiger partial charge in [-0.15, -0.1) is 0 Å². The van der Waals surface area contributed by atoms with Crippen LogP contribution in [0, 0.1) is 17.2 Å². The standard InChI is InChI=1S/C25H24N4O3/c1-3-16-10-15(13-26)4-7-21(16)27-24(30)20-12-22-23(20)32-9-8-29(22)18-6-5-17-14-28(2)25(31)19(17)11-18/h4-7,10-12,20,23H,3,8-9,14H2,1-2H3,(H,27,30). The summed E-state index contributed by atoms with van der Waals surface area (Å²) in [6.45, 7) is 3.82. The van der Waals surface area contributed by atoms with Gasteiger partial charge >= 0.3 is 0 Å². The number of amides is 2. The molecule has 7 heteroatoms. The van der Waals surface area contributed by atoms with Crippen molar-refractivity contribution in [3.8, 4) is 6.07 Å². The topological polar surface area (TPSA) is 85.7 Å². The predicted molar refractivity (Wildman–Crippen MR) is 120 cm³/mol. The third-order valence-electron chi connectivity index (χ3n) is 6.46. The van der Waals surface area contributed by atoms with Crippen LogP contribution in [-0.4, -0.2) is 43.0 Å². The van der Waals surface area contributed by atoms with Gasteiger partial charge in [0.1, 0.15) is 6.10 Å². The normalized spacial score (nSPS) is 21.3.